The van der Waals surface area contributed by atoms with Crippen molar-refractivity contribution in [3.63, 3.8) is 0 Å². The molecule has 0 heterocycles. The third-order valence-electron chi connectivity index (χ3n) is 3.08. The third kappa shape index (κ3) is 4.78. The SMILES string of the molecule is CC(Cc1cccc(Cl)c1)NCc1cc(Br)ccc1Cl. The van der Waals surface area contributed by atoms with Crippen LogP contribution in [0.3, 0.4) is 0 Å². The van der Waals surface area contributed by atoms with Gasteiger partial charge < -0.3 is 5.32 Å². The van der Waals surface area contributed by atoms with E-state index in [9.17, 15) is 0 Å². The van der Waals surface area contributed by atoms with Crippen molar-refractivity contribution in [3.05, 3.63) is 68.1 Å². The minimum absolute atomic E-state index is 0.350. The zero-order chi connectivity index (χ0) is 14.5. The van der Waals surface area contributed by atoms with E-state index in [-0.39, 0.29) is 0 Å². The highest BCUT2D eigenvalue weighted by molar-refractivity contribution is 9.10. The van der Waals surface area contributed by atoms with Crippen LogP contribution < -0.4 is 5.32 Å². The van der Waals surface area contributed by atoms with Gasteiger partial charge in [-0.25, -0.2) is 0 Å². The summed E-state index contributed by atoms with van der Waals surface area (Å²) in [6.07, 6.45) is 0.937. The molecule has 0 saturated heterocycles. The van der Waals surface area contributed by atoms with Crippen molar-refractivity contribution in [1.82, 2.24) is 5.32 Å². The molecule has 0 aromatic heterocycles. The van der Waals surface area contributed by atoms with Gasteiger partial charge >= 0.3 is 0 Å². The molecule has 2 aromatic carbocycles. The molecule has 0 saturated carbocycles. The van der Waals surface area contributed by atoms with E-state index in [0.29, 0.717) is 6.04 Å². The van der Waals surface area contributed by atoms with Gasteiger partial charge in [0.15, 0.2) is 0 Å². The van der Waals surface area contributed by atoms with E-state index in [4.69, 9.17) is 23.2 Å². The quantitative estimate of drug-likeness (QED) is 0.732. The second-order valence-corrected chi connectivity index (χ2v) is 6.61. The number of benzene rings is 2. The van der Waals surface area contributed by atoms with Crippen molar-refractivity contribution < 1.29 is 0 Å². The molecule has 1 nitrogen and oxygen atoms in total. The number of halogens is 3. The molecule has 0 bridgehead atoms. The molecular formula is C16H16BrCl2N. The van der Waals surface area contributed by atoms with Crippen molar-refractivity contribution >= 4 is 39.1 Å². The Balaban J connectivity index is 1.92. The summed E-state index contributed by atoms with van der Waals surface area (Å²) in [5.41, 5.74) is 2.33. The maximum Gasteiger partial charge on any atom is 0.0451 e. The summed E-state index contributed by atoms with van der Waals surface area (Å²) in [5, 5.41) is 5.06. The Kier molecular flexibility index (Phi) is 5.91. The Hall–Kier alpha value is -0.540. The van der Waals surface area contributed by atoms with Gasteiger partial charge in [-0.1, -0.05) is 51.3 Å². The van der Waals surface area contributed by atoms with E-state index in [1.807, 2.05) is 36.4 Å². The van der Waals surface area contributed by atoms with Gasteiger partial charge in [0.1, 0.15) is 0 Å². The first-order valence-corrected chi connectivity index (χ1v) is 8.01. The lowest BCUT2D eigenvalue weighted by Crippen LogP contribution is -2.27. The molecule has 2 rings (SSSR count). The minimum atomic E-state index is 0.350. The standard InChI is InChI=1S/C16H16BrCl2N/c1-11(7-12-3-2-4-15(18)8-12)20-10-13-9-14(17)5-6-16(13)19/h2-6,8-9,11,20H,7,10H2,1H3. The Labute approximate surface area is 138 Å². The van der Waals surface area contributed by atoms with Gasteiger partial charge in [0.25, 0.3) is 0 Å². The van der Waals surface area contributed by atoms with Crippen molar-refractivity contribution in [3.8, 4) is 0 Å². The maximum absolute atomic E-state index is 6.18. The van der Waals surface area contributed by atoms with Crippen LogP contribution in [0.15, 0.2) is 46.9 Å². The summed E-state index contributed by atoms with van der Waals surface area (Å²) in [4.78, 5) is 0. The second-order valence-electron chi connectivity index (χ2n) is 4.85. The number of hydrogen-bond acceptors (Lipinski definition) is 1. The zero-order valence-electron chi connectivity index (χ0n) is 11.2. The molecular weight excluding hydrogens is 357 g/mol. The van der Waals surface area contributed by atoms with Crippen molar-refractivity contribution in [2.24, 2.45) is 0 Å². The molecule has 20 heavy (non-hydrogen) atoms. The minimum Gasteiger partial charge on any atom is -0.310 e. The highest BCUT2D eigenvalue weighted by atomic mass is 79.9. The fraction of sp³-hybridized carbons (Fsp3) is 0.250. The normalized spacial score (nSPS) is 12.4. The Bertz CT molecular complexity index is 586. The summed E-state index contributed by atoms with van der Waals surface area (Å²) in [6.45, 7) is 2.91. The van der Waals surface area contributed by atoms with Gasteiger partial charge in [-0.15, -0.1) is 0 Å². The van der Waals surface area contributed by atoms with Crippen LogP contribution in [0.25, 0.3) is 0 Å². The van der Waals surface area contributed by atoms with Gasteiger partial charge in [0, 0.05) is 27.1 Å². The molecule has 0 aliphatic heterocycles. The molecule has 0 radical (unpaired) electrons. The van der Waals surface area contributed by atoms with Crippen LogP contribution in [-0.2, 0) is 13.0 Å². The van der Waals surface area contributed by atoms with Gasteiger partial charge in [-0.3, -0.25) is 0 Å². The molecule has 0 spiro atoms. The van der Waals surface area contributed by atoms with Gasteiger partial charge in [0.05, 0.1) is 0 Å². The van der Waals surface area contributed by atoms with E-state index < -0.39 is 0 Å². The summed E-state index contributed by atoms with van der Waals surface area (Å²) >= 11 is 15.6. The molecule has 0 aliphatic rings. The van der Waals surface area contributed by atoms with Crippen LogP contribution >= 0.6 is 39.1 Å². The van der Waals surface area contributed by atoms with Gasteiger partial charge in [0.2, 0.25) is 0 Å². The summed E-state index contributed by atoms with van der Waals surface area (Å²) in [5.74, 6) is 0. The fourth-order valence-electron chi connectivity index (χ4n) is 2.05. The zero-order valence-corrected chi connectivity index (χ0v) is 14.3. The predicted octanol–water partition coefficient (Wildman–Crippen LogP) is 5.48. The lowest BCUT2D eigenvalue weighted by molar-refractivity contribution is 0.545. The molecule has 1 N–H and O–H groups in total. The topological polar surface area (TPSA) is 12.0 Å². The Morgan fingerprint density at radius 3 is 2.70 bits per heavy atom. The summed E-state index contributed by atoms with van der Waals surface area (Å²) < 4.78 is 1.04. The monoisotopic (exact) mass is 371 g/mol. The largest absolute Gasteiger partial charge is 0.310 e. The maximum atomic E-state index is 6.18. The van der Waals surface area contributed by atoms with Crippen LogP contribution in [0.1, 0.15) is 18.1 Å². The third-order valence-corrected chi connectivity index (χ3v) is 4.18. The number of hydrogen-bond donors (Lipinski definition) is 1. The van der Waals surface area contributed by atoms with E-state index >= 15 is 0 Å². The Morgan fingerprint density at radius 1 is 1.15 bits per heavy atom. The second kappa shape index (κ2) is 7.46. The van der Waals surface area contributed by atoms with E-state index in [2.05, 4.69) is 34.2 Å². The lowest BCUT2D eigenvalue weighted by atomic mass is 10.1. The first-order chi connectivity index (χ1) is 9.54. The smallest absolute Gasteiger partial charge is 0.0451 e. The first kappa shape index (κ1) is 15.8. The molecule has 2 aromatic rings. The first-order valence-electron chi connectivity index (χ1n) is 6.46. The van der Waals surface area contributed by atoms with Crippen molar-refractivity contribution in [1.29, 1.82) is 0 Å². The molecule has 0 aliphatic carbocycles. The van der Waals surface area contributed by atoms with E-state index in [1.165, 1.54) is 5.56 Å². The number of nitrogens with one attached hydrogen (secondary N) is 1. The van der Waals surface area contributed by atoms with E-state index in [0.717, 1.165) is 33.0 Å². The lowest BCUT2D eigenvalue weighted by Gasteiger charge is -2.15. The molecule has 1 atom stereocenters. The molecule has 1 unspecified atom stereocenters. The molecule has 4 heteroatoms. The van der Waals surface area contributed by atoms with Crippen LogP contribution in [0.2, 0.25) is 10.0 Å². The highest BCUT2D eigenvalue weighted by Gasteiger charge is 2.06. The van der Waals surface area contributed by atoms with Crippen LogP contribution in [-0.4, -0.2) is 6.04 Å². The van der Waals surface area contributed by atoms with Crippen molar-refractivity contribution in [2.75, 3.05) is 0 Å². The van der Waals surface area contributed by atoms with Crippen molar-refractivity contribution in [2.45, 2.75) is 25.9 Å². The van der Waals surface area contributed by atoms with E-state index in [1.54, 1.807) is 0 Å². The number of rotatable bonds is 5. The predicted molar refractivity (Wildman–Crippen MR) is 90.6 cm³/mol. The summed E-state index contributed by atoms with van der Waals surface area (Å²) in [7, 11) is 0. The Morgan fingerprint density at radius 2 is 1.95 bits per heavy atom. The van der Waals surface area contributed by atoms with Crippen LogP contribution in [0.5, 0.6) is 0 Å². The van der Waals surface area contributed by atoms with Crippen LogP contribution in [0.4, 0.5) is 0 Å². The van der Waals surface area contributed by atoms with Crippen LogP contribution in [0, 0.1) is 0 Å². The average molecular weight is 373 g/mol. The summed E-state index contributed by atoms with van der Waals surface area (Å²) in [6, 6.07) is 14.2. The fourth-order valence-corrected chi connectivity index (χ4v) is 2.86. The highest BCUT2D eigenvalue weighted by Crippen LogP contribution is 2.21. The average Bonchev–Trinajstić information content (AvgIpc) is 2.40. The van der Waals surface area contributed by atoms with Gasteiger partial charge in [-0.2, -0.15) is 0 Å². The molecule has 0 amide bonds. The molecule has 0 fully saturated rings. The molecule has 106 valence electrons. The van der Waals surface area contributed by atoms with Gasteiger partial charge in [-0.05, 0) is 54.8 Å².